The molecule has 0 atom stereocenters. The minimum Gasteiger partial charge on any atom is -0.496 e. The molecule has 8 heteroatoms. The number of H-pyrrole nitrogens is 1. The minimum absolute atomic E-state index is 0.0138. The zero-order valence-electron chi connectivity index (χ0n) is 16.9. The number of fused-ring (bicyclic) bond motifs is 1. The van der Waals surface area contributed by atoms with Crippen molar-refractivity contribution >= 4 is 16.9 Å². The van der Waals surface area contributed by atoms with Crippen molar-refractivity contribution in [3.05, 3.63) is 68.0 Å². The fourth-order valence-corrected chi connectivity index (χ4v) is 3.18. The lowest BCUT2D eigenvalue weighted by atomic mass is 10.0. The van der Waals surface area contributed by atoms with Crippen LogP contribution in [-0.2, 0) is 13.1 Å². The maximum absolute atomic E-state index is 13.0. The number of nitrogens with zero attached hydrogens (tertiary/aromatic N) is 2. The molecule has 0 aliphatic rings. The number of aromatic nitrogens is 3. The first-order valence-electron chi connectivity index (χ1n) is 9.45. The van der Waals surface area contributed by atoms with E-state index in [4.69, 9.17) is 4.74 Å². The Bertz CT molecular complexity index is 1180. The van der Waals surface area contributed by atoms with Gasteiger partial charge in [0.15, 0.2) is 5.65 Å². The van der Waals surface area contributed by atoms with Crippen molar-refractivity contribution in [2.45, 2.75) is 39.8 Å². The highest BCUT2D eigenvalue weighted by Crippen LogP contribution is 2.21. The van der Waals surface area contributed by atoms with Gasteiger partial charge in [0.25, 0.3) is 11.5 Å². The molecule has 0 aliphatic heterocycles. The van der Waals surface area contributed by atoms with Gasteiger partial charge in [-0.1, -0.05) is 32.0 Å². The van der Waals surface area contributed by atoms with Gasteiger partial charge in [0.05, 0.1) is 18.1 Å². The van der Waals surface area contributed by atoms with Crippen LogP contribution in [0.5, 0.6) is 5.75 Å². The van der Waals surface area contributed by atoms with E-state index in [1.54, 1.807) is 20.1 Å². The van der Waals surface area contributed by atoms with Gasteiger partial charge < -0.3 is 10.1 Å². The number of rotatable bonds is 6. The summed E-state index contributed by atoms with van der Waals surface area (Å²) in [6, 6.07) is 8.98. The molecule has 0 unspecified atom stereocenters. The zero-order chi connectivity index (χ0) is 21.1. The van der Waals surface area contributed by atoms with Crippen LogP contribution in [0.3, 0.4) is 0 Å². The van der Waals surface area contributed by atoms with E-state index < -0.39 is 17.2 Å². The summed E-state index contributed by atoms with van der Waals surface area (Å²) in [6.45, 7) is 6.21. The molecule has 1 amide bonds. The number of carbonyl (C=O) groups excluding carboxylic acids is 1. The Kier molecular flexibility index (Phi) is 5.81. The highest BCUT2D eigenvalue weighted by molar-refractivity contribution is 6.05. The molecule has 29 heavy (non-hydrogen) atoms. The average molecular weight is 396 g/mol. The zero-order valence-corrected chi connectivity index (χ0v) is 16.9. The maximum Gasteiger partial charge on any atom is 0.329 e. The van der Waals surface area contributed by atoms with Gasteiger partial charge in [0, 0.05) is 24.3 Å². The molecule has 0 radical (unpaired) electrons. The predicted molar refractivity (Wildman–Crippen MR) is 111 cm³/mol. The largest absolute Gasteiger partial charge is 0.496 e. The van der Waals surface area contributed by atoms with E-state index >= 15 is 0 Å². The summed E-state index contributed by atoms with van der Waals surface area (Å²) in [5.74, 6) is 0.254. The summed E-state index contributed by atoms with van der Waals surface area (Å²) < 4.78 is 6.67. The molecule has 0 bridgehead atoms. The molecule has 152 valence electrons. The van der Waals surface area contributed by atoms with Crippen LogP contribution >= 0.6 is 0 Å². The van der Waals surface area contributed by atoms with Crippen molar-refractivity contribution in [1.29, 1.82) is 0 Å². The van der Waals surface area contributed by atoms with E-state index in [-0.39, 0.29) is 29.1 Å². The highest BCUT2D eigenvalue weighted by atomic mass is 16.5. The first-order chi connectivity index (χ1) is 13.9. The van der Waals surface area contributed by atoms with Crippen LogP contribution in [0.1, 0.15) is 48.3 Å². The Hall–Kier alpha value is -3.42. The number of methoxy groups -OCH3 is 1. The monoisotopic (exact) mass is 396 g/mol. The van der Waals surface area contributed by atoms with Crippen molar-refractivity contribution in [1.82, 2.24) is 19.9 Å². The van der Waals surface area contributed by atoms with Crippen LogP contribution in [0.15, 0.2) is 39.9 Å². The third kappa shape index (κ3) is 3.91. The number of aryl methyl sites for hydroxylation is 1. The van der Waals surface area contributed by atoms with Crippen LogP contribution in [0.2, 0.25) is 0 Å². The highest BCUT2D eigenvalue weighted by Gasteiger charge is 2.20. The van der Waals surface area contributed by atoms with Gasteiger partial charge in [-0.3, -0.25) is 19.1 Å². The number of para-hydroxylation sites is 1. The summed E-state index contributed by atoms with van der Waals surface area (Å²) >= 11 is 0. The van der Waals surface area contributed by atoms with Gasteiger partial charge in [-0.2, -0.15) is 0 Å². The molecule has 0 fully saturated rings. The van der Waals surface area contributed by atoms with Gasteiger partial charge >= 0.3 is 5.69 Å². The standard InChI is InChI=1S/C21H24N4O4/c1-5-25-18-17(20(27)24-21(25)28)14(10-15(23-18)12(2)3)19(26)22-11-13-8-6-7-9-16(13)29-4/h6-10,12H,5,11H2,1-4H3,(H,22,26)(H,24,27,28). The predicted octanol–water partition coefficient (Wildman–Crippen LogP) is 2.17. The molecular formula is C21H24N4O4. The van der Waals surface area contributed by atoms with Crippen LogP contribution in [0.4, 0.5) is 0 Å². The number of ether oxygens (including phenoxy) is 1. The lowest BCUT2D eigenvalue weighted by molar-refractivity contribution is 0.0952. The number of benzene rings is 1. The fourth-order valence-electron chi connectivity index (χ4n) is 3.18. The second-order valence-corrected chi connectivity index (χ2v) is 6.95. The Morgan fingerprint density at radius 1 is 1.28 bits per heavy atom. The molecule has 0 aliphatic carbocycles. The molecule has 0 spiro atoms. The molecule has 0 saturated heterocycles. The van der Waals surface area contributed by atoms with Crippen molar-refractivity contribution in [2.24, 2.45) is 0 Å². The van der Waals surface area contributed by atoms with Gasteiger partial charge in [0.2, 0.25) is 0 Å². The normalized spacial score (nSPS) is 11.1. The average Bonchev–Trinajstić information content (AvgIpc) is 2.71. The minimum atomic E-state index is -0.625. The van der Waals surface area contributed by atoms with E-state index in [0.29, 0.717) is 18.0 Å². The van der Waals surface area contributed by atoms with E-state index in [2.05, 4.69) is 15.3 Å². The summed E-state index contributed by atoms with van der Waals surface area (Å²) in [5.41, 5.74) is 0.683. The number of aromatic amines is 1. The van der Waals surface area contributed by atoms with Crippen LogP contribution in [-0.4, -0.2) is 27.6 Å². The number of amides is 1. The molecule has 3 aromatic rings. The molecule has 2 heterocycles. The second kappa shape index (κ2) is 8.30. The van der Waals surface area contributed by atoms with Gasteiger partial charge in [0.1, 0.15) is 5.75 Å². The van der Waals surface area contributed by atoms with Crippen LogP contribution < -0.4 is 21.3 Å². The first kappa shape index (κ1) is 20.3. The Labute approximate surface area is 167 Å². The van der Waals surface area contributed by atoms with E-state index in [9.17, 15) is 14.4 Å². The molecule has 0 saturated carbocycles. The number of hydrogen-bond donors (Lipinski definition) is 2. The SMILES string of the molecule is CCn1c(=O)[nH]c(=O)c2c(C(=O)NCc3ccccc3OC)cc(C(C)C)nc21. The first-order valence-corrected chi connectivity index (χ1v) is 9.45. The number of hydrogen-bond acceptors (Lipinski definition) is 5. The summed E-state index contributed by atoms with van der Waals surface area (Å²) in [5, 5.41) is 2.95. The smallest absolute Gasteiger partial charge is 0.329 e. The molecule has 1 aromatic carbocycles. The number of pyridine rings is 1. The quantitative estimate of drug-likeness (QED) is 0.664. The second-order valence-electron chi connectivity index (χ2n) is 6.95. The number of nitrogens with one attached hydrogen (secondary N) is 2. The lowest BCUT2D eigenvalue weighted by Gasteiger charge is -2.14. The molecular weight excluding hydrogens is 372 g/mol. The Balaban J connectivity index is 2.11. The molecule has 2 N–H and O–H groups in total. The maximum atomic E-state index is 13.0. The van der Waals surface area contributed by atoms with E-state index in [1.165, 1.54) is 4.57 Å². The number of carbonyl (C=O) groups is 1. The third-order valence-electron chi connectivity index (χ3n) is 4.75. The van der Waals surface area contributed by atoms with Crippen molar-refractivity contribution in [3.63, 3.8) is 0 Å². The van der Waals surface area contributed by atoms with Crippen LogP contribution in [0, 0.1) is 0 Å². The molecule has 8 nitrogen and oxygen atoms in total. The van der Waals surface area contributed by atoms with Crippen LogP contribution in [0.25, 0.3) is 11.0 Å². The van der Waals surface area contributed by atoms with Crippen molar-refractivity contribution in [2.75, 3.05) is 7.11 Å². The van der Waals surface area contributed by atoms with E-state index in [1.807, 2.05) is 38.1 Å². The Morgan fingerprint density at radius 2 is 2.00 bits per heavy atom. The van der Waals surface area contributed by atoms with E-state index in [0.717, 1.165) is 5.56 Å². The van der Waals surface area contributed by atoms with Gasteiger partial charge in [-0.15, -0.1) is 0 Å². The molecule has 2 aromatic heterocycles. The van der Waals surface area contributed by atoms with Gasteiger partial charge in [-0.05, 0) is 25.0 Å². The summed E-state index contributed by atoms with van der Waals surface area (Å²) in [4.78, 5) is 44.5. The topological polar surface area (TPSA) is 106 Å². The third-order valence-corrected chi connectivity index (χ3v) is 4.75. The van der Waals surface area contributed by atoms with Crippen molar-refractivity contribution < 1.29 is 9.53 Å². The lowest BCUT2D eigenvalue weighted by Crippen LogP contribution is -2.33. The molecule has 3 rings (SSSR count). The van der Waals surface area contributed by atoms with Crippen molar-refractivity contribution in [3.8, 4) is 5.75 Å². The summed E-state index contributed by atoms with van der Waals surface area (Å²) in [6.07, 6.45) is 0. The summed E-state index contributed by atoms with van der Waals surface area (Å²) in [7, 11) is 1.56. The van der Waals surface area contributed by atoms with Gasteiger partial charge in [-0.25, -0.2) is 9.78 Å². The Morgan fingerprint density at radius 3 is 2.66 bits per heavy atom. The fraction of sp³-hybridized carbons (Fsp3) is 0.333.